The monoisotopic (exact) mass is 377 g/mol. The summed E-state index contributed by atoms with van der Waals surface area (Å²) < 4.78 is 5.65. The Balaban J connectivity index is 1.51. The molecule has 1 aliphatic heterocycles. The molecule has 0 saturated carbocycles. The van der Waals surface area contributed by atoms with Gasteiger partial charge in [-0.1, -0.05) is 24.3 Å². The molecule has 1 fully saturated rings. The van der Waals surface area contributed by atoms with E-state index in [-0.39, 0.29) is 0 Å². The van der Waals surface area contributed by atoms with Crippen molar-refractivity contribution in [1.29, 1.82) is 0 Å². The highest BCUT2D eigenvalue weighted by Gasteiger charge is 2.20. The Morgan fingerprint density at radius 3 is 2.54 bits per heavy atom. The Kier molecular flexibility index (Phi) is 5.74. The number of fused-ring (bicyclic) bond motifs is 1. The summed E-state index contributed by atoms with van der Waals surface area (Å²) in [6, 6.07) is 16.5. The van der Waals surface area contributed by atoms with E-state index >= 15 is 0 Å². The molecule has 1 aromatic heterocycles. The molecule has 0 atom stereocenters. The normalized spacial score (nSPS) is 15.2. The van der Waals surface area contributed by atoms with Gasteiger partial charge in [0, 0.05) is 62.2 Å². The van der Waals surface area contributed by atoms with E-state index in [0.29, 0.717) is 24.5 Å². The van der Waals surface area contributed by atoms with Crippen molar-refractivity contribution in [3.63, 3.8) is 0 Å². The molecule has 0 aliphatic carbocycles. The largest absolute Gasteiger partial charge is 0.505 e. The zero-order valence-corrected chi connectivity index (χ0v) is 16.3. The minimum Gasteiger partial charge on any atom is -0.505 e. The van der Waals surface area contributed by atoms with E-state index in [1.54, 1.807) is 6.20 Å². The van der Waals surface area contributed by atoms with Crippen LogP contribution < -0.4 is 4.90 Å². The maximum atomic E-state index is 10.8. The number of hydrogen-bond donors (Lipinski definition) is 1. The molecule has 4 rings (SSSR count). The van der Waals surface area contributed by atoms with E-state index in [1.165, 1.54) is 5.69 Å². The van der Waals surface area contributed by atoms with E-state index in [2.05, 4.69) is 51.2 Å². The van der Waals surface area contributed by atoms with Crippen molar-refractivity contribution in [2.75, 3.05) is 37.7 Å². The first-order valence-corrected chi connectivity index (χ1v) is 9.95. The Morgan fingerprint density at radius 1 is 1.00 bits per heavy atom. The number of ether oxygens (including phenoxy) is 1. The lowest BCUT2D eigenvalue weighted by atomic mass is 10.0. The van der Waals surface area contributed by atoms with Crippen LogP contribution >= 0.6 is 0 Å². The Morgan fingerprint density at radius 2 is 1.79 bits per heavy atom. The summed E-state index contributed by atoms with van der Waals surface area (Å²) in [6.07, 6.45) is 1.73. The van der Waals surface area contributed by atoms with Gasteiger partial charge in [-0.3, -0.25) is 9.88 Å². The third-order valence-electron chi connectivity index (χ3n) is 5.38. The van der Waals surface area contributed by atoms with E-state index in [1.807, 2.05) is 19.1 Å². The van der Waals surface area contributed by atoms with Crippen molar-refractivity contribution in [3.8, 4) is 5.75 Å². The van der Waals surface area contributed by atoms with Crippen molar-refractivity contribution in [2.24, 2.45) is 0 Å². The molecule has 1 N–H and O–H groups in total. The Hall–Kier alpha value is -2.63. The Labute approximate surface area is 166 Å². The first kappa shape index (κ1) is 18.7. The van der Waals surface area contributed by atoms with Crippen LogP contribution in [0.25, 0.3) is 10.9 Å². The van der Waals surface area contributed by atoms with Gasteiger partial charge in [0.25, 0.3) is 0 Å². The second-order valence-corrected chi connectivity index (χ2v) is 7.18. The second kappa shape index (κ2) is 8.59. The summed E-state index contributed by atoms with van der Waals surface area (Å²) in [7, 11) is 0. The van der Waals surface area contributed by atoms with Crippen LogP contribution in [0.15, 0.2) is 54.7 Å². The summed E-state index contributed by atoms with van der Waals surface area (Å²) in [4.78, 5) is 9.23. The van der Waals surface area contributed by atoms with Crippen molar-refractivity contribution in [2.45, 2.75) is 20.1 Å². The average molecular weight is 377 g/mol. The topological polar surface area (TPSA) is 48.8 Å². The summed E-state index contributed by atoms with van der Waals surface area (Å²) in [5.74, 6) is 0.293. The molecular weight excluding hydrogens is 350 g/mol. The predicted octanol–water partition coefficient (Wildman–Crippen LogP) is 3.80. The number of benzene rings is 2. The maximum absolute atomic E-state index is 10.8. The number of hydrogen-bond acceptors (Lipinski definition) is 5. The van der Waals surface area contributed by atoms with Gasteiger partial charge < -0.3 is 14.7 Å². The zero-order valence-electron chi connectivity index (χ0n) is 16.3. The molecule has 0 bridgehead atoms. The molecule has 0 amide bonds. The molecule has 2 heterocycles. The summed E-state index contributed by atoms with van der Waals surface area (Å²) in [5.41, 5.74) is 3.95. The first-order valence-electron chi connectivity index (χ1n) is 9.95. The van der Waals surface area contributed by atoms with Crippen molar-refractivity contribution >= 4 is 16.6 Å². The molecule has 1 saturated heterocycles. The van der Waals surface area contributed by atoms with Crippen LogP contribution in [0.4, 0.5) is 5.69 Å². The van der Waals surface area contributed by atoms with Gasteiger partial charge >= 0.3 is 0 Å². The number of anilines is 1. The van der Waals surface area contributed by atoms with Gasteiger partial charge in [0.1, 0.15) is 11.3 Å². The van der Waals surface area contributed by atoms with Gasteiger partial charge in [0.2, 0.25) is 0 Å². The molecule has 3 aromatic rings. The van der Waals surface area contributed by atoms with Gasteiger partial charge in [-0.2, -0.15) is 0 Å². The molecule has 146 valence electrons. The third-order valence-corrected chi connectivity index (χ3v) is 5.38. The van der Waals surface area contributed by atoms with Crippen molar-refractivity contribution in [1.82, 2.24) is 9.88 Å². The number of rotatable bonds is 6. The fourth-order valence-electron chi connectivity index (χ4n) is 3.86. The van der Waals surface area contributed by atoms with Gasteiger partial charge in [-0.15, -0.1) is 0 Å². The maximum Gasteiger partial charge on any atom is 0.146 e. The number of aromatic hydroxyl groups is 1. The molecule has 0 radical (unpaired) electrons. The zero-order chi connectivity index (χ0) is 19.3. The average Bonchev–Trinajstić information content (AvgIpc) is 2.76. The summed E-state index contributed by atoms with van der Waals surface area (Å²) in [5, 5.41) is 11.8. The highest BCUT2D eigenvalue weighted by Crippen LogP contribution is 2.32. The molecule has 5 nitrogen and oxygen atoms in total. The molecule has 5 heteroatoms. The highest BCUT2D eigenvalue weighted by atomic mass is 16.5. The fourth-order valence-corrected chi connectivity index (χ4v) is 3.86. The van der Waals surface area contributed by atoms with Gasteiger partial charge in [-0.05, 0) is 36.8 Å². The fraction of sp³-hybridized carbons (Fsp3) is 0.348. The van der Waals surface area contributed by atoms with E-state index in [0.717, 1.165) is 49.2 Å². The number of nitrogens with zero attached hydrogens (tertiary/aromatic N) is 3. The van der Waals surface area contributed by atoms with Crippen LogP contribution in [0.5, 0.6) is 5.75 Å². The van der Waals surface area contributed by atoms with Crippen LogP contribution in [0.2, 0.25) is 0 Å². The van der Waals surface area contributed by atoms with E-state index < -0.39 is 0 Å². The third kappa shape index (κ3) is 3.96. The second-order valence-electron chi connectivity index (χ2n) is 7.18. The van der Waals surface area contributed by atoms with Crippen molar-refractivity contribution in [3.05, 3.63) is 65.9 Å². The predicted molar refractivity (Wildman–Crippen MR) is 113 cm³/mol. The number of aromatic nitrogens is 1. The minimum atomic E-state index is 0.293. The molecule has 1 aliphatic rings. The van der Waals surface area contributed by atoms with Gasteiger partial charge in [-0.25, -0.2) is 0 Å². The molecular formula is C23H27N3O2. The first-order chi connectivity index (χ1) is 13.8. The van der Waals surface area contributed by atoms with Gasteiger partial charge in [0.15, 0.2) is 0 Å². The lowest BCUT2D eigenvalue weighted by Gasteiger charge is -2.36. The van der Waals surface area contributed by atoms with Gasteiger partial charge in [0.05, 0.1) is 6.61 Å². The smallest absolute Gasteiger partial charge is 0.146 e. The standard InChI is InChI=1S/C23H27N3O2/c1-2-28-17-19-15-18(23(27)22-21(19)9-6-10-24-22)16-25-11-13-26(14-12-25)20-7-4-3-5-8-20/h3-10,15,27H,2,11-14,16-17H2,1H3. The number of phenols is 1. The van der Waals surface area contributed by atoms with Crippen molar-refractivity contribution < 1.29 is 9.84 Å². The lowest BCUT2D eigenvalue weighted by molar-refractivity contribution is 0.135. The quantitative estimate of drug-likeness (QED) is 0.708. The number of pyridine rings is 1. The SMILES string of the molecule is CCOCc1cc(CN2CCN(c3ccccc3)CC2)c(O)c2ncccc12. The van der Waals surface area contributed by atoms with E-state index in [4.69, 9.17) is 4.74 Å². The van der Waals surface area contributed by atoms with Crippen LogP contribution in [-0.2, 0) is 17.9 Å². The number of para-hydroxylation sites is 1. The molecule has 0 spiro atoms. The van der Waals surface area contributed by atoms with Crippen LogP contribution in [0.1, 0.15) is 18.1 Å². The summed E-state index contributed by atoms with van der Waals surface area (Å²) in [6.45, 7) is 7.83. The van der Waals surface area contributed by atoms with Crippen LogP contribution in [-0.4, -0.2) is 47.8 Å². The van der Waals surface area contributed by atoms with Crippen LogP contribution in [0, 0.1) is 0 Å². The number of phenolic OH excluding ortho intramolecular Hbond substituents is 1. The minimum absolute atomic E-state index is 0.293. The Bertz CT molecular complexity index is 922. The highest BCUT2D eigenvalue weighted by molar-refractivity contribution is 5.88. The molecule has 28 heavy (non-hydrogen) atoms. The molecule has 0 unspecified atom stereocenters. The molecule has 2 aromatic carbocycles. The summed E-state index contributed by atoms with van der Waals surface area (Å²) >= 11 is 0. The lowest BCUT2D eigenvalue weighted by Crippen LogP contribution is -2.45. The van der Waals surface area contributed by atoms with Crippen LogP contribution in [0.3, 0.4) is 0 Å². The van der Waals surface area contributed by atoms with E-state index in [9.17, 15) is 5.11 Å². The number of piperazine rings is 1.